The predicted octanol–water partition coefficient (Wildman–Crippen LogP) is 2.15. The molecule has 1 aliphatic heterocycles. The Kier molecular flexibility index (Phi) is 5.93. The van der Waals surface area contributed by atoms with Crippen molar-refractivity contribution in [3.05, 3.63) is 16.0 Å². The van der Waals surface area contributed by atoms with Crippen LogP contribution in [0.5, 0.6) is 0 Å². The first kappa shape index (κ1) is 16.9. The number of rotatable bonds is 5. The summed E-state index contributed by atoms with van der Waals surface area (Å²) in [4.78, 5) is 25.4. The Labute approximate surface area is 133 Å². The number of aryl methyl sites for hydroxylation is 1. The number of esters is 1. The molecule has 1 unspecified atom stereocenters. The molecule has 1 aromatic rings. The molecule has 0 aromatic carbocycles. The molecular weight excluding hydrogens is 306 g/mol. The summed E-state index contributed by atoms with van der Waals surface area (Å²) in [5.74, 6) is -0.700. The zero-order valence-electron chi connectivity index (χ0n) is 13.1. The molecule has 2 rings (SSSR count). The number of nitrogens with one attached hydrogen (secondary N) is 1. The molecule has 1 amide bonds. The molecule has 22 heavy (non-hydrogen) atoms. The summed E-state index contributed by atoms with van der Waals surface area (Å²) in [6.45, 7) is 7.08. The summed E-state index contributed by atoms with van der Waals surface area (Å²) >= 11 is 1.38. The van der Waals surface area contributed by atoms with Crippen molar-refractivity contribution in [1.82, 2.24) is 0 Å². The number of hydrogen-bond acceptors (Lipinski definition) is 6. The van der Waals surface area contributed by atoms with Gasteiger partial charge in [0, 0.05) is 4.88 Å². The number of ether oxygens (including phenoxy) is 3. The maximum absolute atomic E-state index is 12.2. The molecule has 0 radical (unpaired) electrons. The zero-order valence-corrected chi connectivity index (χ0v) is 13.9. The van der Waals surface area contributed by atoms with E-state index in [2.05, 4.69) is 5.32 Å². The molecule has 1 N–H and O–H groups in total. The summed E-state index contributed by atoms with van der Waals surface area (Å²) < 4.78 is 15.7. The molecule has 1 atom stereocenters. The van der Waals surface area contributed by atoms with Gasteiger partial charge < -0.3 is 19.5 Å². The standard InChI is InChI=1S/C15H21NO5S/c1-4-10-9(3)22-14(12(10)15(18)20-5-2)16-13(17)11-8-19-6-7-21-11/h11H,4-8H2,1-3H3,(H,16,17). The van der Waals surface area contributed by atoms with Crippen LogP contribution in [0.4, 0.5) is 5.00 Å². The van der Waals surface area contributed by atoms with Gasteiger partial charge in [0.05, 0.1) is 32.0 Å². The van der Waals surface area contributed by atoms with Crippen molar-refractivity contribution < 1.29 is 23.8 Å². The molecule has 1 fully saturated rings. The minimum absolute atomic E-state index is 0.228. The second-order valence-electron chi connectivity index (χ2n) is 4.84. The van der Waals surface area contributed by atoms with E-state index in [0.717, 1.165) is 10.4 Å². The van der Waals surface area contributed by atoms with Crippen LogP contribution >= 0.6 is 11.3 Å². The summed E-state index contributed by atoms with van der Waals surface area (Å²) in [5, 5.41) is 3.31. The molecular formula is C15H21NO5S. The second kappa shape index (κ2) is 7.71. The van der Waals surface area contributed by atoms with Crippen molar-refractivity contribution >= 4 is 28.2 Å². The number of carbonyl (C=O) groups is 2. The third kappa shape index (κ3) is 3.66. The quantitative estimate of drug-likeness (QED) is 0.839. The fourth-order valence-corrected chi connectivity index (χ4v) is 3.48. The van der Waals surface area contributed by atoms with Crippen molar-refractivity contribution in [3.8, 4) is 0 Å². The highest BCUT2D eigenvalue weighted by molar-refractivity contribution is 7.16. The van der Waals surface area contributed by atoms with E-state index in [9.17, 15) is 9.59 Å². The van der Waals surface area contributed by atoms with Gasteiger partial charge in [0.2, 0.25) is 0 Å². The zero-order chi connectivity index (χ0) is 16.1. The first-order chi connectivity index (χ1) is 10.6. The molecule has 0 aliphatic carbocycles. The van der Waals surface area contributed by atoms with E-state index in [1.807, 2.05) is 13.8 Å². The van der Waals surface area contributed by atoms with Crippen LogP contribution in [0.3, 0.4) is 0 Å². The van der Waals surface area contributed by atoms with Gasteiger partial charge in [-0.1, -0.05) is 6.92 Å². The second-order valence-corrected chi connectivity index (χ2v) is 6.06. The van der Waals surface area contributed by atoms with Crippen LogP contribution in [0.2, 0.25) is 0 Å². The average Bonchev–Trinajstić information content (AvgIpc) is 2.83. The molecule has 2 heterocycles. The summed E-state index contributed by atoms with van der Waals surface area (Å²) in [7, 11) is 0. The van der Waals surface area contributed by atoms with Gasteiger partial charge in [-0.3, -0.25) is 4.79 Å². The topological polar surface area (TPSA) is 73.9 Å². The SMILES string of the molecule is CCOC(=O)c1c(NC(=O)C2COCCO2)sc(C)c1CC. The number of thiophene rings is 1. The van der Waals surface area contributed by atoms with Crippen molar-refractivity contribution in [1.29, 1.82) is 0 Å². The van der Waals surface area contributed by atoms with E-state index in [-0.39, 0.29) is 12.5 Å². The summed E-state index contributed by atoms with van der Waals surface area (Å²) in [6, 6.07) is 0. The van der Waals surface area contributed by atoms with E-state index >= 15 is 0 Å². The largest absolute Gasteiger partial charge is 0.462 e. The lowest BCUT2D eigenvalue weighted by atomic mass is 10.1. The minimum Gasteiger partial charge on any atom is -0.462 e. The Morgan fingerprint density at radius 1 is 1.36 bits per heavy atom. The molecule has 0 saturated carbocycles. The van der Waals surface area contributed by atoms with Gasteiger partial charge in [0.15, 0.2) is 6.10 Å². The van der Waals surface area contributed by atoms with Gasteiger partial charge in [-0.25, -0.2) is 4.79 Å². The fourth-order valence-electron chi connectivity index (χ4n) is 2.34. The third-order valence-corrected chi connectivity index (χ3v) is 4.45. The molecule has 0 bridgehead atoms. The maximum atomic E-state index is 12.2. The van der Waals surface area contributed by atoms with Crippen LogP contribution in [0.25, 0.3) is 0 Å². The molecule has 122 valence electrons. The molecule has 7 heteroatoms. The van der Waals surface area contributed by atoms with E-state index < -0.39 is 12.1 Å². The summed E-state index contributed by atoms with van der Waals surface area (Å²) in [6.07, 6.45) is 0.0614. The lowest BCUT2D eigenvalue weighted by molar-refractivity contribution is -0.142. The number of hydrogen-bond donors (Lipinski definition) is 1. The predicted molar refractivity (Wildman–Crippen MR) is 83.6 cm³/mol. The normalized spacial score (nSPS) is 18.0. The number of carbonyl (C=O) groups excluding carboxylic acids is 2. The van der Waals surface area contributed by atoms with Crippen LogP contribution in [0, 0.1) is 6.92 Å². The highest BCUT2D eigenvalue weighted by Crippen LogP contribution is 2.34. The van der Waals surface area contributed by atoms with Crippen LogP contribution in [0.15, 0.2) is 0 Å². The van der Waals surface area contributed by atoms with Crippen molar-refractivity contribution in [2.24, 2.45) is 0 Å². The van der Waals surface area contributed by atoms with Crippen molar-refractivity contribution in [3.63, 3.8) is 0 Å². The highest BCUT2D eigenvalue weighted by Gasteiger charge is 2.27. The Bertz CT molecular complexity index is 548. The maximum Gasteiger partial charge on any atom is 0.341 e. The van der Waals surface area contributed by atoms with Crippen LogP contribution < -0.4 is 5.32 Å². The minimum atomic E-state index is -0.642. The highest BCUT2D eigenvalue weighted by atomic mass is 32.1. The Morgan fingerprint density at radius 2 is 2.14 bits per heavy atom. The van der Waals surface area contributed by atoms with Crippen molar-refractivity contribution in [2.75, 3.05) is 31.7 Å². The molecule has 1 aromatic heterocycles. The Balaban J connectivity index is 2.22. The molecule has 6 nitrogen and oxygen atoms in total. The Morgan fingerprint density at radius 3 is 2.73 bits per heavy atom. The molecule has 1 saturated heterocycles. The van der Waals surface area contributed by atoms with Gasteiger partial charge in [-0.05, 0) is 25.8 Å². The van der Waals surface area contributed by atoms with E-state index in [1.165, 1.54) is 11.3 Å². The van der Waals surface area contributed by atoms with E-state index in [0.29, 0.717) is 36.8 Å². The van der Waals surface area contributed by atoms with Gasteiger partial charge >= 0.3 is 5.97 Å². The first-order valence-electron chi connectivity index (χ1n) is 7.38. The third-order valence-electron chi connectivity index (χ3n) is 3.39. The van der Waals surface area contributed by atoms with Crippen LogP contribution in [-0.4, -0.2) is 44.4 Å². The number of amides is 1. The number of anilines is 1. The monoisotopic (exact) mass is 327 g/mol. The van der Waals surface area contributed by atoms with Crippen molar-refractivity contribution in [2.45, 2.75) is 33.3 Å². The summed E-state index contributed by atoms with van der Waals surface area (Å²) in [5.41, 5.74) is 1.37. The van der Waals surface area contributed by atoms with Gasteiger partial charge in [0.25, 0.3) is 5.91 Å². The van der Waals surface area contributed by atoms with Gasteiger partial charge in [-0.15, -0.1) is 11.3 Å². The first-order valence-corrected chi connectivity index (χ1v) is 8.19. The van der Waals surface area contributed by atoms with Gasteiger partial charge in [-0.2, -0.15) is 0 Å². The van der Waals surface area contributed by atoms with Gasteiger partial charge in [0.1, 0.15) is 5.00 Å². The van der Waals surface area contributed by atoms with E-state index in [1.54, 1.807) is 6.92 Å². The smallest absolute Gasteiger partial charge is 0.341 e. The van der Waals surface area contributed by atoms with Crippen LogP contribution in [-0.2, 0) is 25.4 Å². The lowest BCUT2D eigenvalue weighted by Gasteiger charge is -2.21. The van der Waals surface area contributed by atoms with Crippen LogP contribution in [0.1, 0.15) is 34.6 Å². The lowest BCUT2D eigenvalue weighted by Crippen LogP contribution is -2.39. The molecule has 1 aliphatic rings. The van der Waals surface area contributed by atoms with E-state index in [4.69, 9.17) is 14.2 Å². The fraction of sp³-hybridized carbons (Fsp3) is 0.600. The average molecular weight is 327 g/mol. The Hall–Kier alpha value is -1.44. The molecule has 0 spiro atoms.